The average Bonchev–Trinajstić information content (AvgIpc) is 3.04. The van der Waals surface area contributed by atoms with Gasteiger partial charge in [-0.05, 0) is 12.1 Å². The Hall–Kier alpha value is -3.49. The molecule has 0 unspecified atom stereocenters. The number of ether oxygens (including phenoxy) is 1. The molecule has 0 fully saturated rings. The molecule has 3 aromatic rings. The Balaban J connectivity index is 1.71. The van der Waals surface area contributed by atoms with E-state index < -0.39 is 5.97 Å². The van der Waals surface area contributed by atoms with Crippen LogP contribution in [0.15, 0.2) is 46.4 Å². The van der Waals surface area contributed by atoms with Crippen molar-refractivity contribution in [3.05, 3.63) is 52.6 Å². The van der Waals surface area contributed by atoms with Gasteiger partial charge < -0.3 is 14.2 Å². The van der Waals surface area contributed by atoms with Crippen molar-refractivity contribution in [2.24, 2.45) is 4.99 Å². The average molecular weight is 354 g/mol. The molecular weight excluding hydrogens is 336 g/mol. The predicted octanol–water partition coefficient (Wildman–Crippen LogP) is 1.20. The van der Waals surface area contributed by atoms with Crippen molar-refractivity contribution in [1.29, 1.82) is 0 Å². The van der Waals surface area contributed by atoms with Gasteiger partial charge in [0.25, 0.3) is 5.56 Å². The Morgan fingerprint density at radius 2 is 2.12 bits per heavy atom. The summed E-state index contributed by atoms with van der Waals surface area (Å²) in [6.45, 7) is 0.402. The number of rotatable bonds is 6. The van der Waals surface area contributed by atoms with E-state index in [1.165, 1.54) is 12.7 Å². The summed E-state index contributed by atoms with van der Waals surface area (Å²) in [6.07, 6.45) is 3.02. The molecule has 1 N–H and O–H groups in total. The fraction of sp³-hybridized carbons (Fsp3) is 0.235. The lowest BCUT2D eigenvalue weighted by Crippen LogP contribution is -2.16. The van der Waals surface area contributed by atoms with E-state index in [1.54, 1.807) is 33.7 Å². The predicted molar refractivity (Wildman–Crippen MR) is 96.7 cm³/mol. The second-order valence-corrected chi connectivity index (χ2v) is 5.71. The molecule has 134 valence electrons. The minimum absolute atomic E-state index is 0.110. The number of aromatic amines is 1. The van der Waals surface area contributed by atoms with Crippen molar-refractivity contribution in [1.82, 2.24) is 24.4 Å². The van der Waals surface area contributed by atoms with E-state index >= 15 is 0 Å². The topological polar surface area (TPSA) is 105 Å². The Morgan fingerprint density at radius 1 is 1.35 bits per heavy atom. The molecule has 0 aliphatic rings. The maximum Gasteiger partial charge on any atom is 0.338 e. The lowest BCUT2D eigenvalue weighted by atomic mass is 10.2. The Bertz CT molecular complexity index is 991. The zero-order valence-electron chi connectivity index (χ0n) is 14.4. The Labute approximate surface area is 149 Å². The third-order valence-electron chi connectivity index (χ3n) is 3.46. The highest BCUT2D eigenvalue weighted by Crippen LogP contribution is 2.09. The third kappa shape index (κ3) is 3.94. The number of hydrogen-bond donors (Lipinski definition) is 1. The Kier molecular flexibility index (Phi) is 5.07. The fourth-order valence-corrected chi connectivity index (χ4v) is 2.27. The van der Waals surface area contributed by atoms with Gasteiger partial charge in [-0.15, -0.1) is 0 Å². The molecule has 1 aromatic carbocycles. The number of imidazole rings is 1. The molecule has 0 atom stereocenters. The van der Waals surface area contributed by atoms with Crippen LogP contribution < -0.4 is 5.56 Å². The van der Waals surface area contributed by atoms with Gasteiger partial charge in [-0.3, -0.25) is 9.78 Å². The summed E-state index contributed by atoms with van der Waals surface area (Å²) in [7, 11) is 3.62. The summed E-state index contributed by atoms with van der Waals surface area (Å²) < 4.78 is 6.83. The summed E-state index contributed by atoms with van der Waals surface area (Å²) in [5.74, 6) is -0.237. The minimum atomic E-state index is -0.414. The molecule has 0 aliphatic heterocycles. The summed E-state index contributed by atoms with van der Waals surface area (Å²) >= 11 is 0. The van der Waals surface area contributed by atoms with Gasteiger partial charge in [0.05, 0.1) is 24.8 Å². The van der Waals surface area contributed by atoms with Gasteiger partial charge in [0.1, 0.15) is 6.61 Å². The zero-order valence-corrected chi connectivity index (χ0v) is 14.4. The van der Waals surface area contributed by atoms with Crippen LogP contribution in [0.3, 0.4) is 0 Å². The number of nitrogens with zero attached hydrogens (tertiary/aromatic N) is 5. The first-order valence-corrected chi connectivity index (χ1v) is 7.92. The molecule has 9 nitrogen and oxygen atoms in total. The van der Waals surface area contributed by atoms with E-state index in [2.05, 4.69) is 19.9 Å². The number of aliphatic imine (C=N–C) groups is 1. The van der Waals surface area contributed by atoms with Gasteiger partial charge in [0.15, 0.2) is 11.2 Å². The van der Waals surface area contributed by atoms with E-state index in [0.717, 1.165) is 0 Å². The van der Waals surface area contributed by atoms with E-state index in [9.17, 15) is 9.59 Å². The summed E-state index contributed by atoms with van der Waals surface area (Å²) in [5.41, 5.74) is 0.720. The van der Waals surface area contributed by atoms with Gasteiger partial charge >= 0.3 is 5.97 Å². The SMILES string of the molecule is CN(C)/C=N/c1nc2ncn(CCOC(=O)c3ccccc3)c2c(=O)[nH]1. The first-order valence-electron chi connectivity index (χ1n) is 7.92. The number of nitrogens with one attached hydrogen (secondary N) is 1. The second-order valence-electron chi connectivity index (χ2n) is 5.71. The lowest BCUT2D eigenvalue weighted by molar-refractivity contribution is 0.0492. The van der Waals surface area contributed by atoms with Crippen molar-refractivity contribution >= 4 is 29.4 Å². The molecule has 0 saturated heterocycles. The number of H-pyrrole nitrogens is 1. The van der Waals surface area contributed by atoms with Crippen molar-refractivity contribution < 1.29 is 9.53 Å². The van der Waals surface area contributed by atoms with Crippen LogP contribution in [-0.2, 0) is 11.3 Å². The highest BCUT2D eigenvalue weighted by molar-refractivity contribution is 5.89. The number of fused-ring (bicyclic) bond motifs is 1. The number of aromatic nitrogens is 4. The number of benzene rings is 1. The van der Waals surface area contributed by atoms with Crippen molar-refractivity contribution in [3.8, 4) is 0 Å². The molecule has 0 amide bonds. The molecule has 9 heteroatoms. The van der Waals surface area contributed by atoms with Gasteiger partial charge in [-0.25, -0.2) is 14.8 Å². The monoisotopic (exact) mass is 354 g/mol. The minimum Gasteiger partial charge on any atom is -0.460 e. The largest absolute Gasteiger partial charge is 0.460 e. The van der Waals surface area contributed by atoms with Crippen LogP contribution in [0.2, 0.25) is 0 Å². The normalized spacial score (nSPS) is 11.2. The molecule has 3 rings (SSSR count). The van der Waals surface area contributed by atoms with Gasteiger partial charge in [-0.1, -0.05) is 18.2 Å². The first-order chi connectivity index (χ1) is 12.5. The van der Waals surface area contributed by atoms with E-state index in [-0.39, 0.29) is 23.8 Å². The fourth-order valence-electron chi connectivity index (χ4n) is 2.27. The van der Waals surface area contributed by atoms with Crippen LogP contribution in [0.5, 0.6) is 0 Å². The lowest BCUT2D eigenvalue weighted by Gasteiger charge is -2.06. The van der Waals surface area contributed by atoms with Crippen LogP contribution >= 0.6 is 0 Å². The van der Waals surface area contributed by atoms with E-state index in [0.29, 0.717) is 17.6 Å². The first kappa shape index (κ1) is 17.3. The van der Waals surface area contributed by atoms with Crippen LogP contribution in [0.4, 0.5) is 5.95 Å². The maximum absolute atomic E-state index is 12.3. The summed E-state index contributed by atoms with van der Waals surface area (Å²) in [4.78, 5) is 40.9. The quantitative estimate of drug-likeness (QED) is 0.405. The van der Waals surface area contributed by atoms with E-state index in [4.69, 9.17) is 4.74 Å². The molecule has 0 aliphatic carbocycles. The van der Waals surface area contributed by atoms with Crippen LogP contribution in [0.1, 0.15) is 10.4 Å². The maximum atomic E-state index is 12.3. The van der Waals surface area contributed by atoms with Crippen molar-refractivity contribution in [2.45, 2.75) is 6.54 Å². The number of carbonyl (C=O) groups is 1. The second kappa shape index (κ2) is 7.60. The van der Waals surface area contributed by atoms with Crippen molar-refractivity contribution in [2.75, 3.05) is 20.7 Å². The molecule has 0 bridgehead atoms. The third-order valence-corrected chi connectivity index (χ3v) is 3.46. The molecular formula is C17H18N6O3. The molecule has 0 saturated carbocycles. The number of hydrogen-bond acceptors (Lipinski definition) is 6. The van der Waals surface area contributed by atoms with Gasteiger partial charge in [0.2, 0.25) is 5.95 Å². The highest BCUT2D eigenvalue weighted by atomic mass is 16.5. The van der Waals surface area contributed by atoms with Crippen molar-refractivity contribution in [3.63, 3.8) is 0 Å². The number of esters is 1. The summed E-state index contributed by atoms with van der Waals surface area (Å²) in [6, 6.07) is 8.71. The zero-order chi connectivity index (χ0) is 18.5. The molecule has 2 heterocycles. The standard InChI is InChI=1S/C17H18N6O3/c1-22(2)10-19-17-20-14-13(15(24)21-17)23(11-18-14)8-9-26-16(25)12-6-4-3-5-7-12/h3-7,10-11H,8-9H2,1-2H3,(H,20,21,24)/b19-10+. The molecule has 2 aromatic heterocycles. The highest BCUT2D eigenvalue weighted by Gasteiger charge is 2.11. The smallest absolute Gasteiger partial charge is 0.338 e. The van der Waals surface area contributed by atoms with E-state index in [1.807, 2.05) is 20.2 Å². The molecule has 0 radical (unpaired) electrons. The summed E-state index contributed by atoms with van der Waals surface area (Å²) in [5, 5.41) is 0. The number of carbonyl (C=O) groups excluding carboxylic acids is 1. The van der Waals surface area contributed by atoms with Gasteiger partial charge in [-0.2, -0.15) is 4.98 Å². The van der Waals surface area contributed by atoms with Crippen LogP contribution in [-0.4, -0.2) is 57.4 Å². The van der Waals surface area contributed by atoms with Gasteiger partial charge in [0, 0.05) is 14.1 Å². The molecule has 26 heavy (non-hydrogen) atoms. The van der Waals surface area contributed by atoms with Crippen LogP contribution in [0.25, 0.3) is 11.2 Å². The molecule has 0 spiro atoms. The van der Waals surface area contributed by atoms with Crippen LogP contribution in [0, 0.1) is 0 Å². The Morgan fingerprint density at radius 3 is 2.85 bits per heavy atom.